The Bertz CT molecular complexity index is 514. The van der Waals surface area contributed by atoms with Crippen LogP contribution in [-0.4, -0.2) is 22.9 Å². The van der Waals surface area contributed by atoms with Crippen molar-refractivity contribution in [2.24, 2.45) is 5.92 Å². The normalized spacial score (nSPS) is 11.6. The Hall–Kier alpha value is -1.35. The van der Waals surface area contributed by atoms with Crippen LogP contribution in [0, 0.1) is 5.92 Å². The third-order valence-electron chi connectivity index (χ3n) is 3.35. The first-order chi connectivity index (χ1) is 9.22. The van der Waals surface area contributed by atoms with Crippen LogP contribution in [-0.2, 0) is 13.0 Å². The summed E-state index contributed by atoms with van der Waals surface area (Å²) in [5, 5.41) is 9.53. The van der Waals surface area contributed by atoms with E-state index in [0.29, 0.717) is 0 Å². The van der Waals surface area contributed by atoms with Gasteiger partial charge in [-0.2, -0.15) is 5.10 Å². The van der Waals surface area contributed by atoms with E-state index >= 15 is 0 Å². The lowest BCUT2D eigenvalue weighted by Gasteiger charge is -2.06. The van der Waals surface area contributed by atoms with E-state index in [-0.39, 0.29) is 0 Å². The van der Waals surface area contributed by atoms with Crippen molar-refractivity contribution in [3.8, 4) is 0 Å². The van der Waals surface area contributed by atoms with E-state index in [2.05, 4.69) is 55.0 Å². The smallest absolute Gasteiger partial charge is 0.0703 e. The fraction of sp³-hybridized carbons (Fsp3) is 0.562. The number of aryl methyl sites for hydroxylation is 2. The minimum absolute atomic E-state index is 0.722. The lowest BCUT2D eigenvalue weighted by Crippen LogP contribution is -2.21. The van der Waals surface area contributed by atoms with Gasteiger partial charge < -0.3 is 5.32 Å². The van der Waals surface area contributed by atoms with Gasteiger partial charge in [-0.05, 0) is 44.8 Å². The molecule has 1 N–H and O–H groups in total. The van der Waals surface area contributed by atoms with Gasteiger partial charge in [0, 0.05) is 11.9 Å². The van der Waals surface area contributed by atoms with E-state index in [1.165, 1.54) is 16.6 Å². The number of benzene rings is 1. The molecule has 0 radical (unpaired) electrons. The predicted molar refractivity (Wildman–Crippen MR) is 81.4 cm³/mol. The first kappa shape index (κ1) is 14.1. The Morgan fingerprint density at radius 3 is 2.79 bits per heavy atom. The number of fused-ring (bicyclic) bond motifs is 1. The zero-order chi connectivity index (χ0) is 13.7. The topological polar surface area (TPSA) is 29.9 Å². The van der Waals surface area contributed by atoms with Crippen LogP contribution >= 0.6 is 0 Å². The van der Waals surface area contributed by atoms with Gasteiger partial charge in [-0.3, -0.25) is 4.68 Å². The molecule has 1 heterocycles. The summed E-state index contributed by atoms with van der Waals surface area (Å²) in [6.07, 6.45) is 2.20. The molecule has 1 aromatic heterocycles. The van der Waals surface area contributed by atoms with Crippen LogP contribution in [0.4, 0.5) is 0 Å². The van der Waals surface area contributed by atoms with Gasteiger partial charge in [0.25, 0.3) is 0 Å². The number of rotatable bonds is 7. The second-order valence-electron chi connectivity index (χ2n) is 5.48. The van der Waals surface area contributed by atoms with Crippen molar-refractivity contribution in [3.05, 3.63) is 30.0 Å². The summed E-state index contributed by atoms with van der Waals surface area (Å²) in [4.78, 5) is 0. The average Bonchev–Trinajstić information content (AvgIpc) is 2.76. The van der Waals surface area contributed by atoms with Crippen molar-refractivity contribution in [3.63, 3.8) is 0 Å². The minimum atomic E-state index is 0.722. The van der Waals surface area contributed by atoms with Crippen molar-refractivity contribution in [2.75, 3.05) is 13.1 Å². The van der Waals surface area contributed by atoms with Crippen molar-refractivity contribution in [1.29, 1.82) is 0 Å². The number of para-hydroxylation sites is 1. The molecule has 0 fully saturated rings. The summed E-state index contributed by atoms with van der Waals surface area (Å²) in [5.74, 6) is 0.722. The lowest BCUT2D eigenvalue weighted by atomic mass is 10.1. The highest BCUT2D eigenvalue weighted by Crippen LogP contribution is 2.19. The van der Waals surface area contributed by atoms with E-state index in [0.717, 1.165) is 38.4 Å². The molecule has 0 saturated heterocycles. The molecule has 19 heavy (non-hydrogen) atoms. The Kier molecular flexibility index (Phi) is 4.97. The average molecular weight is 259 g/mol. The Labute approximate surface area is 116 Å². The highest BCUT2D eigenvalue weighted by atomic mass is 15.3. The molecule has 2 aromatic rings. The first-order valence-electron chi connectivity index (χ1n) is 7.37. The van der Waals surface area contributed by atoms with E-state index in [4.69, 9.17) is 5.10 Å². The Morgan fingerprint density at radius 2 is 2.05 bits per heavy atom. The highest BCUT2D eigenvalue weighted by molar-refractivity contribution is 5.81. The molecule has 2 rings (SSSR count). The number of nitrogens with zero attached hydrogens (tertiary/aromatic N) is 2. The van der Waals surface area contributed by atoms with E-state index in [1.807, 2.05) is 0 Å². The zero-order valence-corrected chi connectivity index (χ0v) is 12.3. The maximum Gasteiger partial charge on any atom is 0.0703 e. The Morgan fingerprint density at radius 1 is 1.26 bits per heavy atom. The van der Waals surface area contributed by atoms with E-state index in [9.17, 15) is 0 Å². The molecular weight excluding hydrogens is 234 g/mol. The van der Waals surface area contributed by atoms with Crippen LogP contribution in [0.2, 0.25) is 0 Å². The van der Waals surface area contributed by atoms with Gasteiger partial charge in [-0.1, -0.05) is 32.0 Å². The summed E-state index contributed by atoms with van der Waals surface area (Å²) in [6, 6.07) is 8.53. The summed E-state index contributed by atoms with van der Waals surface area (Å²) in [5.41, 5.74) is 2.50. The van der Waals surface area contributed by atoms with E-state index in [1.54, 1.807) is 0 Å². The van der Waals surface area contributed by atoms with Crippen molar-refractivity contribution in [2.45, 2.75) is 40.2 Å². The molecule has 0 bridgehead atoms. The molecule has 0 aliphatic rings. The fourth-order valence-electron chi connectivity index (χ4n) is 2.39. The third-order valence-corrected chi connectivity index (χ3v) is 3.35. The molecule has 0 spiro atoms. The molecule has 1 aromatic carbocycles. The Balaban J connectivity index is 1.97. The van der Waals surface area contributed by atoms with Crippen LogP contribution in [0.15, 0.2) is 24.3 Å². The maximum absolute atomic E-state index is 4.73. The predicted octanol–water partition coefficient (Wildman–Crippen LogP) is 3.23. The zero-order valence-electron chi connectivity index (χ0n) is 12.3. The number of nitrogens with one attached hydrogen (secondary N) is 1. The molecule has 104 valence electrons. The van der Waals surface area contributed by atoms with Gasteiger partial charge in [0.2, 0.25) is 0 Å². The van der Waals surface area contributed by atoms with Crippen LogP contribution in [0.5, 0.6) is 0 Å². The minimum Gasteiger partial charge on any atom is -0.316 e. The van der Waals surface area contributed by atoms with Gasteiger partial charge in [-0.25, -0.2) is 0 Å². The quantitative estimate of drug-likeness (QED) is 0.774. The van der Waals surface area contributed by atoms with Crippen LogP contribution in [0.25, 0.3) is 10.9 Å². The molecule has 3 heteroatoms. The van der Waals surface area contributed by atoms with Crippen molar-refractivity contribution in [1.82, 2.24) is 15.1 Å². The largest absolute Gasteiger partial charge is 0.316 e. The van der Waals surface area contributed by atoms with Crippen molar-refractivity contribution >= 4 is 10.9 Å². The fourth-order valence-corrected chi connectivity index (χ4v) is 2.39. The third kappa shape index (κ3) is 3.57. The second-order valence-corrected chi connectivity index (χ2v) is 5.48. The van der Waals surface area contributed by atoms with E-state index < -0.39 is 0 Å². The molecule has 3 nitrogen and oxygen atoms in total. The first-order valence-corrected chi connectivity index (χ1v) is 7.37. The van der Waals surface area contributed by atoms with Gasteiger partial charge in [0.05, 0.1) is 11.2 Å². The molecule has 0 aliphatic carbocycles. The summed E-state index contributed by atoms with van der Waals surface area (Å²) in [7, 11) is 0. The molecule has 0 amide bonds. The molecular formula is C16H25N3. The number of hydrogen-bond acceptors (Lipinski definition) is 2. The highest BCUT2D eigenvalue weighted by Gasteiger charge is 2.08. The SMILES string of the molecule is CCn1nc(CCCNCC(C)C)c2ccccc21. The molecule has 0 atom stereocenters. The number of hydrogen-bond donors (Lipinski definition) is 1. The van der Waals surface area contributed by atoms with Crippen LogP contribution < -0.4 is 5.32 Å². The van der Waals surface area contributed by atoms with Crippen molar-refractivity contribution < 1.29 is 0 Å². The molecule has 0 unspecified atom stereocenters. The monoisotopic (exact) mass is 259 g/mol. The number of aromatic nitrogens is 2. The maximum atomic E-state index is 4.73. The van der Waals surface area contributed by atoms with Gasteiger partial charge in [-0.15, -0.1) is 0 Å². The standard InChI is InChI=1S/C16H25N3/c1-4-19-16-10-6-5-8-14(16)15(18-19)9-7-11-17-12-13(2)3/h5-6,8,10,13,17H,4,7,9,11-12H2,1-3H3. The van der Waals surface area contributed by atoms with Gasteiger partial charge >= 0.3 is 0 Å². The summed E-state index contributed by atoms with van der Waals surface area (Å²) < 4.78 is 2.10. The van der Waals surface area contributed by atoms with Gasteiger partial charge in [0.1, 0.15) is 0 Å². The van der Waals surface area contributed by atoms with Crippen LogP contribution in [0.3, 0.4) is 0 Å². The lowest BCUT2D eigenvalue weighted by molar-refractivity contribution is 0.541. The second kappa shape index (κ2) is 6.71. The van der Waals surface area contributed by atoms with Gasteiger partial charge in [0.15, 0.2) is 0 Å². The summed E-state index contributed by atoms with van der Waals surface area (Å²) in [6.45, 7) is 9.74. The molecule has 0 aliphatic heterocycles. The van der Waals surface area contributed by atoms with Crippen LogP contribution in [0.1, 0.15) is 32.9 Å². The summed E-state index contributed by atoms with van der Waals surface area (Å²) >= 11 is 0. The molecule has 0 saturated carbocycles.